The van der Waals surface area contributed by atoms with Crippen LogP contribution in [0.25, 0.3) is 0 Å². The van der Waals surface area contributed by atoms with Crippen molar-refractivity contribution in [3.05, 3.63) is 50.6 Å². The van der Waals surface area contributed by atoms with E-state index in [0.717, 1.165) is 44.9 Å². The van der Waals surface area contributed by atoms with E-state index in [1.165, 1.54) is 0 Å². The van der Waals surface area contributed by atoms with Crippen LogP contribution in [0.1, 0.15) is 44.9 Å². The predicted octanol–water partition coefficient (Wildman–Crippen LogP) is 4.15. The van der Waals surface area contributed by atoms with Gasteiger partial charge in [-0.2, -0.15) is 0 Å². The highest BCUT2D eigenvalue weighted by Crippen LogP contribution is 2.42. The molecular weight excluding hydrogens is 258 g/mol. The summed E-state index contributed by atoms with van der Waals surface area (Å²) < 4.78 is 0. The van der Waals surface area contributed by atoms with Gasteiger partial charge in [-0.25, -0.2) is 0 Å². The molecule has 118 valence electrons. The summed E-state index contributed by atoms with van der Waals surface area (Å²) in [6.07, 6.45) is 14.6. The summed E-state index contributed by atoms with van der Waals surface area (Å²) in [6.45, 7) is 16.0. The fourth-order valence-corrected chi connectivity index (χ4v) is 4.04. The largest absolute Gasteiger partial charge is 0.396 e. The van der Waals surface area contributed by atoms with Gasteiger partial charge in [0.05, 0.1) is 0 Å². The molecule has 0 aromatic heterocycles. The monoisotopic (exact) mass is 289 g/mol. The van der Waals surface area contributed by atoms with Crippen LogP contribution in [-0.4, -0.2) is 22.8 Å². The molecule has 0 amide bonds. The van der Waals surface area contributed by atoms with Crippen molar-refractivity contribution in [3.8, 4) is 0 Å². The molecule has 1 fully saturated rings. The predicted molar refractivity (Wildman–Crippen MR) is 92.3 cm³/mol. The van der Waals surface area contributed by atoms with Gasteiger partial charge in [-0.1, -0.05) is 24.3 Å². The molecule has 0 aliphatic carbocycles. The van der Waals surface area contributed by atoms with Gasteiger partial charge in [-0.3, -0.25) is 0 Å². The van der Waals surface area contributed by atoms with Crippen LogP contribution in [0, 0.1) is 5.92 Å². The number of hydrogen-bond acceptors (Lipinski definition) is 2. The lowest BCUT2D eigenvalue weighted by Gasteiger charge is -2.52. The molecule has 0 bridgehead atoms. The second-order valence-electron chi connectivity index (χ2n) is 6.44. The number of hydrogen-bond donors (Lipinski definition) is 2. The minimum Gasteiger partial charge on any atom is -0.396 e. The summed E-state index contributed by atoms with van der Waals surface area (Å²) in [4.78, 5) is 0. The summed E-state index contributed by atoms with van der Waals surface area (Å²) in [5, 5.41) is 13.3. The zero-order valence-electron chi connectivity index (χ0n) is 13.3. The van der Waals surface area contributed by atoms with E-state index in [9.17, 15) is 5.11 Å². The third-order valence-corrected chi connectivity index (χ3v) is 4.57. The van der Waals surface area contributed by atoms with E-state index in [2.05, 4.69) is 31.6 Å². The van der Waals surface area contributed by atoms with Crippen molar-refractivity contribution < 1.29 is 5.11 Å². The number of aliphatic hydroxyl groups is 1. The topological polar surface area (TPSA) is 32.3 Å². The van der Waals surface area contributed by atoms with E-state index >= 15 is 0 Å². The van der Waals surface area contributed by atoms with Crippen LogP contribution in [0.5, 0.6) is 0 Å². The van der Waals surface area contributed by atoms with Gasteiger partial charge < -0.3 is 10.4 Å². The molecule has 1 aliphatic rings. The third-order valence-electron chi connectivity index (χ3n) is 4.57. The Morgan fingerprint density at radius 1 is 0.857 bits per heavy atom. The van der Waals surface area contributed by atoms with Crippen molar-refractivity contribution >= 4 is 0 Å². The van der Waals surface area contributed by atoms with Crippen molar-refractivity contribution in [1.29, 1.82) is 0 Å². The van der Waals surface area contributed by atoms with Crippen LogP contribution in [-0.2, 0) is 0 Å². The molecule has 2 heteroatoms. The van der Waals surface area contributed by atoms with Gasteiger partial charge in [0, 0.05) is 17.7 Å². The Balaban J connectivity index is 3.12. The standard InChI is InChI=1S/C19H31NO/c1-5-10-18(11-6-2)15-17(9-14-21)16-19(20-18,12-7-3)13-8-4/h5-8,17,20-21H,1-4,9-16H2. The minimum atomic E-state index is -0.00634. The molecule has 1 aliphatic heterocycles. The van der Waals surface area contributed by atoms with E-state index < -0.39 is 0 Å². The maximum atomic E-state index is 9.38. The van der Waals surface area contributed by atoms with Gasteiger partial charge in [0.25, 0.3) is 0 Å². The highest BCUT2D eigenvalue weighted by molar-refractivity contribution is 5.12. The number of aliphatic hydroxyl groups excluding tert-OH is 1. The molecule has 2 N–H and O–H groups in total. The van der Waals surface area contributed by atoms with E-state index in [1.54, 1.807) is 0 Å². The van der Waals surface area contributed by atoms with E-state index in [-0.39, 0.29) is 17.7 Å². The van der Waals surface area contributed by atoms with Crippen LogP contribution in [0.15, 0.2) is 50.6 Å². The van der Waals surface area contributed by atoms with Gasteiger partial charge in [0.15, 0.2) is 0 Å². The zero-order valence-corrected chi connectivity index (χ0v) is 13.3. The Morgan fingerprint density at radius 2 is 1.24 bits per heavy atom. The maximum Gasteiger partial charge on any atom is 0.0433 e. The summed E-state index contributed by atoms with van der Waals surface area (Å²) in [5.41, 5.74) is -0.0127. The normalized spacial score (nSPS) is 20.6. The molecule has 0 radical (unpaired) electrons. The molecule has 0 aromatic rings. The molecule has 0 unspecified atom stereocenters. The van der Waals surface area contributed by atoms with Crippen molar-refractivity contribution in [2.24, 2.45) is 5.92 Å². The van der Waals surface area contributed by atoms with Crippen molar-refractivity contribution in [2.45, 2.75) is 56.0 Å². The lowest BCUT2D eigenvalue weighted by molar-refractivity contribution is 0.0733. The smallest absolute Gasteiger partial charge is 0.0433 e. The van der Waals surface area contributed by atoms with Crippen LogP contribution in [0.3, 0.4) is 0 Å². The molecule has 0 atom stereocenters. The Hall–Kier alpha value is -1.12. The van der Waals surface area contributed by atoms with Crippen LogP contribution in [0.4, 0.5) is 0 Å². The minimum absolute atomic E-state index is 0.00634. The summed E-state index contributed by atoms with van der Waals surface area (Å²) in [5.74, 6) is 0.510. The second kappa shape index (κ2) is 8.35. The van der Waals surface area contributed by atoms with Gasteiger partial charge in [-0.15, -0.1) is 26.3 Å². The van der Waals surface area contributed by atoms with E-state index in [1.807, 2.05) is 24.3 Å². The first-order chi connectivity index (χ1) is 10.1. The summed E-state index contributed by atoms with van der Waals surface area (Å²) in [7, 11) is 0. The Kier molecular flexibility index (Phi) is 7.13. The molecule has 0 aromatic carbocycles. The highest BCUT2D eigenvalue weighted by atomic mass is 16.3. The second-order valence-corrected chi connectivity index (χ2v) is 6.44. The lowest BCUT2D eigenvalue weighted by Crippen LogP contribution is -2.62. The van der Waals surface area contributed by atoms with Gasteiger partial charge in [0.1, 0.15) is 0 Å². The summed E-state index contributed by atoms with van der Waals surface area (Å²) >= 11 is 0. The number of nitrogens with one attached hydrogen (secondary N) is 1. The van der Waals surface area contributed by atoms with Gasteiger partial charge in [-0.05, 0) is 50.9 Å². The SMILES string of the molecule is C=CCC1(CC=C)CC(CCO)CC(CC=C)(CC=C)N1. The number of rotatable bonds is 10. The molecule has 2 nitrogen and oxygen atoms in total. The fourth-order valence-electron chi connectivity index (χ4n) is 4.04. The van der Waals surface area contributed by atoms with Crippen molar-refractivity contribution in [2.75, 3.05) is 6.61 Å². The van der Waals surface area contributed by atoms with E-state index in [0.29, 0.717) is 5.92 Å². The summed E-state index contributed by atoms with van der Waals surface area (Å²) in [6, 6.07) is 0. The number of piperidine rings is 1. The van der Waals surface area contributed by atoms with Crippen molar-refractivity contribution in [3.63, 3.8) is 0 Å². The zero-order chi connectivity index (χ0) is 15.8. The molecule has 21 heavy (non-hydrogen) atoms. The Labute approximate surface area is 130 Å². The van der Waals surface area contributed by atoms with Crippen LogP contribution < -0.4 is 5.32 Å². The Morgan fingerprint density at radius 3 is 1.52 bits per heavy atom. The van der Waals surface area contributed by atoms with Gasteiger partial charge >= 0.3 is 0 Å². The molecular formula is C19H31NO. The average Bonchev–Trinajstić information content (AvgIpc) is 2.39. The third kappa shape index (κ3) is 4.69. The first-order valence-corrected chi connectivity index (χ1v) is 7.93. The highest BCUT2D eigenvalue weighted by Gasteiger charge is 2.45. The molecule has 1 saturated heterocycles. The fraction of sp³-hybridized carbons (Fsp3) is 0.579. The van der Waals surface area contributed by atoms with Crippen LogP contribution >= 0.6 is 0 Å². The van der Waals surface area contributed by atoms with Crippen molar-refractivity contribution in [1.82, 2.24) is 5.32 Å². The molecule has 1 rings (SSSR count). The average molecular weight is 289 g/mol. The maximum absolute atomic E-state index is 9.38. The first kappa shape index (κ1) is 17.9. The van der Waals surface area contributed by atoms with Gasteiger partial charge in [0.2, 0.25) is 0 Å². The quantitative estimate of drug-likeness (QED) is 0.592. The molecule has 0 saturated carbocycles. The molecule has 1 heterocycles. The van der Waals surface area contributed by atoms with E-state index in [4.69, 9.17) is 0 Å². The Bertz CT molecular complexity index is 320. The first-order valence-electron chi connectivity index (χ1n) is 7.93. The van der Waals surface area contributed by atoms with Crippen LogP contribution in [0.2, 0.25) is 0 Å². The molecule has 0 spiro atoms. The lowest BCUT2D eigenvalue weighted by atomic mass is 9.67.